The fourth-order valence-electron chi connectivity index (χ4n) is 1.35. The molecule has 4 heteroatoms. The predicted molar refractivity (Wildman–Crippen MR) is 56.4 cm³/mol. The van der Waals surface area contributed by atoms with Gasteiger partial charge in [0, 0.05) is 18.8 Å². The Morgan fingerprint density at radius 2 is 2.00 bits per heavy atom. The van der Waals surface area contributed by atoms with Crippen LogP contribution in [0.5, 0.6) is 0 Å². The lowest BCUT2D eigenvalue weighted by atomic mass is 10.1. The van der Waals surface area contributed by atoms with Gasteiger partial charge in [-0.25, -0.2) is 4.79 Å². The van der Waals surface area contributed by atoms with E-state index < -0.39 is 0 Å². The molecule has 0 spiro atoms. The quantitative estimate of drug-likeness (QED) is 0.549. The van der Waals surface area contributed by atoms with Crippen LogP contribution < -0.4 is 0 Å². The predicted octanol–water partition coefficient (Wildman–Crippen LogP) is 2.05. The zero-order chi connectivity index (χ0) is 10.7. The Hall–Kier alpha value is -2.19. The lowest BCUT2D eigenvalue weighted by Crippen LogP contribution is -1.84. The van der Waals surface area contributed by atoms with Crippen molar-refractivity contribution in [3.8, 4) is 11.1 Å². The van der Waals surface area contributed by atoms with Crippen molar-refractivity contribution in [3.05, 3.63) is 36.7 Å². The summed E-state index contributed by atoms with van der Waals surface area (Å²) in [4.78, 5) is 13.5. The Morgan fingerprint density at radius 1 is 1.27 bits per heavy atom. The molecule has 2 aromatic rings. The summed E-state index contributed by atoms with van der Waals surface area (Å²) in [6.07, 6.45) is 5.22. The van der Waals surface area contributed by atoms with E-state index in [-0.39, 0.29) is 0 Å². The molecule has 0 saturated heterocycles. The number of hydrogen-bond donors (Lipinski definition) is 0. The van der Waals surface area contributed by atoms with Crippen molar-refractivity contribution >= 4 is 11.8 Å². The van der Waals surface area contributed by atoms with Gasteiger partial charge >= 0.3 is 0 Å². The summed E-state index contributed by atoms with van der Waals surface area (Å²) in [6, 6.07) is 7.33. The van der Waals surface area contributed by atoms with Gasteiger partial charge in [0.15, 0.2) is 0 Å². The zero-order valence-electron chi connectivity index (χ0n) is 8.21. The second-order valence-electron chi connectivity index (χ2n) is 3.15. The topological polar surface area (TPSA) is 47.2 Å². The number of benzene rings is 1. The molecule has 0 atom stereocenters. The van der Waals surface area contributed by atoms with E-state index in [0.29, 0.717) is 5.69 Å². The molecule has 1 aromatic heterocycles. The van der Waals surface area contributed by atoms with Crippen LogP contribution in [0.25, 0.3) is 11.1 Å². The maximum absolute atomic E-state index is 10.0. The van der Waals surface area contributed by atoms with Gasteiger partial charge in [-0.15, -0.1) is 0 Å². The Balaban J connectivity index is 2.35. The number of aryl methyl sites for hydroxylation is 1. The lowest BCUT2D eigenvalue weighted by Gasteiger charge is -1.96. The maximum Gasteiger partial charge on any atom is 0.240 e. The molecule has 0 unspecified atom stereocenters. The third-order valence-electron chi connectivity index (χ3n) is 2.08. The smallest absolute Gasteiger partial charge is 0.240 e. The van der Waals surface area contributed by atoms with Gasteiger partial charge in [-0.1, -0.05) is 12.1 Å². The molecule has 4 nitrogen and oxygen atoms in total. The molecule has 0 aliphatic carbocycles. The van der Waals surface area contributed by atoms with Crippen molar-refractivity contribution in [2.24, 2.45) is 12.0 Å². The average molecular weight is 199 g/mol. The van der Waals surface area contributed by atoms with Crippen molar-refractivity contribution in [3.63, 3.8) is 0 Å². The number of aromatic nitrogens is 2. The van der Waals surface area contributed by atoms with Crippen LogP contribution in [0, 0.1) is 0 Å². The first-order valence-corrected chi connectivity index (χ1v) is 4.46. The normalized spacial score (nSPS) is 9.67. The van der Waals surface area contributed by atoms with Gasteiger partial charge in [0.25, 0.3) is 0 Å². The highest BCUT2D eigenvalue weighted by Crippen LogP contribution is 2.21. The Morgan fingerprint density at radius 3 is 2.53 bits per heavy atom. The fourth-order valence-corrected chi connectivity index (χ4v) is 1.35. The van der Waals surface area contributed by atoms with E-state index in [2.05, 4.69) is 10.1 Å². The van der Waals surface area contributed by atoms with E-state index in [1.54, 1.807) is 23.0 Å². The highest BCUT2D eigenvalue weighted by Gasteiger charge is 1.99. The number of carbonyl (C=O) groups excluding carboxylic acids is 1. The van der Waals surface area contributed by atoms with Crippen LogP contribution in [-0.4, -0.2) is 15.9 Å². The minimum atomic E-state index is 0.609. The number of rotatable bonds is 2. The van der Waals surface area contributed by atoms with Gasteiger partial charge in [-0.3, -0.25) is 4.68 Å². The van der Waals surface area contributed by atoms with Crippen molar-refractivity contribution < 1.29 is 4.79 Å². The monoisotopic (exact) mass is 199 g/mol. The third-order valence-corrected chi connectivity index (χ3v) is 2.08. The van der Waals surface area contributed by atoms with E-state index in [4.69, 9.17) is 0 Å². The SMILES string of the molecule is Cn1cc(-c2ccc(N=C=O)cc2)cn1. The summed E-state index contributed by atoms with van der Waals surface area (Å²) in [6.45, 7) is 0. The molecule has 1 heterocycles. The summed E-state index contributed by atoms with van der Waals surface area (Å²) >= 11 is 0. The standard InChI is InChI=1S/C11H9N3O/c1-14-7-10(6-13-14)9-2-4-11(5-3-9)12-8-15/h2-7H,1H3. The molecule has 2 rings (SSSR count). The third kappa shape index (κ3) is 2.00. The van der Waals surface area contributed by atoms with E-state index >= 15 is 0 Å². The van der Waals surface area contributed by atoms with Crippen LogP contribution in [0.4, 0.5) is 5.69 Å². The van der Waals surface area contributed by atoms with Crippen LogP contribution in [0.15, 0.2) is 41.7 Å². The van der Waals surface area contributed by atoms with Crippen molar-refractivity contribution in [2.45, 2.75) is 0 Å². The maximum atomic E-state index is 10.0. The van der Waals surface area contributed by atoms with Crippen LogP contribution in [0.3, 0.4) is 0 Å². The van der Waals surface area contributed by atoms with Crippen LogP contribution in [-0.2, 0) is 11.8 Å². The number of aliphatic imine (C=N–C) groups is 1. The van der Waals surface area contributed by atoms with Crippen molar-refractivity contribution in [1.29, 1.82) is 0 Å². The molecule has 0 aliphatic rings. The second-order valence-corrected chi connectivity index (χ2v) is 3.15. The second kappa shape index (κ2) is 3.90. The first-order valence-electron chi connectivity index (χ1n) is 4.46. The molecule has 0 bridgehead atoms. The molecule has 0 radical (unpaired) electrons. The van der Waals surface area contributed by atoms with Gasteiger partial charge in [0.1, 0.15) is 0 Å². The number of nitrogens with zero attached hydrogens (tertiary/aromatic N) is 3. The Labute approximate surface area is 86.9 Å². The largest absolute Gasteiger partial charge is 0.275 e. The molecular formula is C11H9N3O. The molecule has 1 aromatic carbocycles. The summed E-state index contributed by atoms with van der Waals surface area (Å²) in [7, 11) is 1.87. The van der Waals surface area contributed by atoms with Gasteiger partial charge in [0.2, 0.25) is 6.08 Å². The highest BCUT2D eigenvalue weighted by molar-refractivity contribution is 5.64. The van der Waals surface area contributed by atoms with Crippen LogP contribution in [0.2, 0.25) is 0 Å². The molecule has 0 N–H and O–H groups in total. The molecule has 15 heavy (non-hydrogen) atoms. The van der Waals surface area contributed by atoms with Gasteiger partial charge < -0.3 is 0 Å². The lowest BCUT2D eigenvalue weighted by molar-refractivity contribution is 0.565. The summed E-state index contributed by atoms with van der Waals surface area (Å²) < 4.78 is 1.74. The first-order chi connectivity index (χ1) is 7.29. The molecular weight excluding hydrogens is 190 g/mol. The van der Waals surface area contributed by atoms with Crippen LogP contribution >= 0.6 is 0 Å². The number of hydrogen-bond acceptors (Lipinski definition) is 3. The summed E-state index contributed by atoms with van der Waals surface area (Å²) in [5, 5.41) is 4.08. The van der Waals surface area contributed by atoms with Crippen molar-refractivity contribution in [2.75, 3.05) is 0 Å². The molecule has 0 amide bonds. The Bertz CT molecular complexity index is 507. The zero-order valence-corrected chi connectivity index (χ0v) is 8.21. The van der Waals surface area contributed by atoms with Crippen LogP contribution in [0.1, 0.15) is 0 Å². The number of isocyanates is 1. The minimum Gasteiger partial charge on any atom is -0.275 e. The van der Waals surface area contributed by atoms with Crippen molar-refractivity contribution in [1.82, 2.24) is 9.78 Å². The highest BCUT2D eigenvalue weighted by atomic mass is 16.1. The van der Waals surface area contributed by atoms with Gasteiger partial charge in [0.05, 0.1) is 11.9 Å². The van der Waals surface area contributed by atoms with Gasteiger partial charge in [-0.05, 0) is 17.7 Å². The molecule has 0 saturated carbocycles. The van der Waals surface area contributed by atoms with Gasteiger partial charge in [-0.2, -0.15) is 10.1 Å². The fraction of sp³-hybridized carbons (Fsp3) is 0.0909. The Kier molecular flexibility index (Phi) is 2.44. The van der Waals surface area contributed by atoms with E-state index in [1.807, 2.05) is 25.4 Å². The molecule has 74 valence electrons. The molecule has 0 fully saturated rings. The summed E-state index contributed by atoms with van der Waals surface area (Å²) in [5.74, 6) is 0. The van der Waals surface area contributed by atoms with E-state index in [1.165, 1.54) is 6.08 Å². The van der Waals surface area contributed by atoms with E-state index in [0.717, 1.165) is 11.1 Å². The molecule has 0 aliphatic heterocycles. The summed E-state index contributed by atoms with van der Waals surface area (Å²) in [5.41, 5.74) is 2.70. The van der Waals surface area contributed by atoms with E-state index in [9.17, 15) is 4.79 Å². The average Bonchev–Trinajstić information content (AvgIpc) is 2.67. The minimum absolute atomic E-state index is 0.609. The first kappa shape index (κ1) is 9.37.